The first-order chi connectivity index (χ1) is 10.0. The van der Waals surface area contributed by atoms with Gasteiger partial charge in [0.2, 0.25) is 5.91 Å². The molecule has 1 atom stereocenters. The lowest BCUT2D eigenvalue weighted by Crippen LogP contribution is -2.27. The van der Waals surface area contributed by atoms with E-state index in [1.807, 2.05) is 6.07 Å². The van der Waals surface area contributed by atoms with Gasteiger partial charge in [-0.2, -0.15) is 0 Å². The van der Waals surface area contributed by atoms with Crippen molar-refractivity contribution in [3.63, 3.8) is 0 Å². The Labute approximate surface area is 125 Å². The summed E-state index contributed by atoms with van der Waals surface area (Å²) < 4.78 is 14.4. The number of hydrogen-bond acceptors (Lipinski definition) is 2. The van der Waals surface area contributed by atoms with Crippen LogP contribution in [0, 0.1) is 17.7 Å². The number of rotatable bonds is 2. The second kappa shape index (κ2) is 5.76. The Hall–Kier alpha value is -1.42. The summed E-state index contributed by atoms with van der Waals surface area (Å²) in [7, 11) is 0. The maximum absolute atomic E-state index is 14.4. The summed E-state index contributed by atoms with van der Waals surface area (Å²) in [5.41, 5.74) is 8.58. The van der Waals surface area contributed by atoms with Crippen LogP contribution >= 0.6 is 0 Å². The second-order valence-corrected chi connectivity index (χ2v) is 6.62. The van der Waals surface area contributed by atoms with Gasteiger partial charge < -0.3 is 11.1 Å². The number of carbonyl (C=O) groups is 1. The monoisotopic (exact) mass is 290 g/mol. The van der Waals surface area contributed by atoms with Crippen LogP contribution in [-0.4, -0.2) is 5.91 Å². The Morgan fingerprint density at radius 1 is 1.24 bits per heavy atom. The highest BCUT2D eigenvalue weighted by atomic mass is 19.1. The van der Waals surface area contributed by atoms with Crippen LogP contribution in [0.4, 0.5) is 10.1 Å². The molecule has 1 unspecified atom stereocenters. The first kappa shape index (κ1) is 14.5. The van der Waals surface area contributed by atoms with Gasteiger partial charge in [-0.15, -0.1) is 0 Å². The summed E-state index contributed by atoms with van der Waals surface area (Å²) in [6, 6.07) is 3.07. The lowest BCUT2D eigenvalue weighted by atomic mass is 9.77. The van der Waals surface area contributed by atoms with Gasteiger partial charge in [-0.1, -0.05) is 19.8 Å². The summed E-state index contributed by atoms with van der Waals surface area (Å²) in [5.74, 6) is 0.797. The molecular formula is C17H23FN2O. The summed E-state index contributed by atoms with van der Waals surface area (Å²) in [6.07, 6.45) is 5.66. The maximum atomic E-state index is 14.4. The van der Waals surface area contributed by atoms with Gasteiger partial charge in [-0.05, 0) is 48.8 Å². The van der Waals surface area contributed by atoms with Crippen molar-refractivity contribution in [2.24, 2.45) is 17.6 Å². The lowest BCUT2D eigenvalue weighted by Gasteiger charge is -2.31. The molecule has 3 rings (SSSR count). The van der Waals surface area contributed by atoms with E-state index in [0.717, 1.165) is 24.3 Å². The van der Waals surface area contributed by atoms with E-state index in [1.165, 1.54) is 18.9 Å². The second-order valence-electron chi connectivity index (χ2n) is 6.62. The standard InChI is InChI=1S/C17H23FN2O/c1-10-2-4-11(5-3-10)17(19)13-8-12-6-7-16(21)20-15(12)9-14(13)18/h8-11,17H,2-7,19H2,1H3,(H,20,21). The third kappa shape index (κ3) is 2.95. The minimum Gasteiger partial charge on any atom is -0.326 e. The van der Waals surface area contributed by atoms with Gasteiger partial charge in [0.05, 0.1) is 0 Å². The highest BCUT2D eigenvalue weighted by Crippen LogP contribution is 2.37. The average Bonchev–Trinajstić information content (AvgIpc) is 2.46. The van der Waals surface area contributed by atoms with Crippen LogP contribution in [0.1, 0.15) is 56.2 Å². The first-order valence-corrected chi connectivity index (χ1v) is 7.92. The third-order valence-corrected chi connectivity index (χ3v) is 5.05. The summed E-state index contributed by atoms with van der Waals surface area (Å²) >= 11 is 0. The van der Waals surface area contributed by atoms with E-state index >= 15 is 0 Å². The number of nitrogens with two attached hydrogens (primary N) is 1. The minimum absolute atomic E-state index is 0.0415. The number of aryl methyl sites for hydroxylation is 1. The number of carbonyl (C=O) groups excluding carboxylic acids is 1. The molecular weight excluding hydrogens is 267 g/mol. The normalized spacial score (nSPS) is 26.9. The molecule has 0 radical (unpaired) electrons. The summed E-state index contributed by atoms with van der Waals surface area (Å²) in [5, 5.41) is 2.73. The lowest BCUT2D eigenvalue weighted by molar-refractivity contribution is -0.116. The van der Waals surface area contributed by atoms with Crippen molar-refractivity contribution in [3.05, 3.63) is 29.1 Å². The van der Waals surface area contributed by atoms with Crippen molar-refractivity contribution >= 4 is 11.6 Å². The van der Waals surface area contributed by atoms with Gasteiger partial charge in [-0.3, -0.25) is 4.79 Å². The quantitative estimate of drug-likeness (QED) is 0.875. The van der Waals surface area contributed by atoms with Gasteiger partial charge in [0, 0.05) is 23.7 Å². The molecule has 3 N–H and O–H groups in total. The molecule has 0 saturated heterocycles. The molecule has 1 fully saturated rings. The molecule has 1 aliphatic heterocycles. The van der Waals surface area contributed by atoms with Crippen LogP contribution in [0.15, 0.2) is 12.1 Å². The van der Waals surface area contributed by atoms with Crippen molar-refractivity contribution in [2.45, 2.75) is 51.5 Å². The fourth-order valence-corrected chi connectivity index (χ4v) is 3.58. The number of fused-ring (bicyclic) bond motifs is 1. The van der Waals surface area contributed by atoms with E-state index in [9.17, 15) is 9.18 Å². The Kier molecular flexibility index (Phi) is 3.98. The van der Waals surface area contributed by atoms with E-state index < -0.39 is 0 Å². The number of benzene rings is 1. The van der Waals surface area contributed by atoms with E-state index in [0.29, 0.717) is 30.0 Å². The number of halogens is 1. The van der Waals surface area contributed by atoms with Gasteiger partial charge in [-0.25, -0.2) is 4.39 Å². The van der Waals surface area contributed by atoms with Crippen LogP contribution < -0.4 is 11.1 Å². The van der Waals surface area contributed by atoms with Crippen LogP contribution in [-0.2, 0) is 11.2 Å². The van der Waals surface area contributed by atoms with Crippen molar-refractivity contribution < 1.29 is 9.18 Å². The average molecular weight is 290 g/mol. The smallest absolute Gasteiger partial charge is 0.224 e. The molecule has 114 valence electrons. The maximum Gasteiger partial charge on any atom is 0.224 e. The zero-order valence-electron chi connectivity index (χ0n) is 12.5. The van der Waals surface area contributed by atoms with Gasteiger partial charge in [0.15, 0.2) is 0 Å². The van der Waals surface area contributed by atoms with Crippen LogP contribution in [0.5, 0.6) is 0 Å². The molecule has 1 aromatic carbocycles. The van der Waals surface area contributed by atoms with Crippen LogP contribution in [0.3, 0.4) is 0 Å². The molecule has 21 heavy (non-hydrogen) atoms. The van der Waals surface area contributed by atoms with Gasteiger partial charge >= 0.3 is 0 Å². The topological polar surface area (TPSA) is 55.1 Å². The van der Waals surface area contributed by atoms with Gasteiger partial charge in [0.1, 0.15) is 5.82 Å². The predicted molar refractivity (Wildman–Crippen MR) is 81.4 cm³/mol. The fourth-order valence-electron chi connectivity index (χ4n) is 3.58. The van der Waals surface area contributed by atoms with Crippen molar-refractivity contribution in [2.75, 3.05) is 5.32 Å². The molecule has 1 saturated carbocycles. The third-order valence-electron chi connectivity index (χ3n) is 5.05. The van der Waals surface area contributed by atoms with Crippen molar-refractivity contribution in [1.29, 1.82) is 0 Å². The zero-order chi connectivity index (χ0) is 15.0. The highest BCUT2D eigenvalue weighted by Gasteiger charge is 2.28. The Bertz CT molecular complexity index is 550. The Morgan fingerprint density at radius 3 is 2.67 bits per heavy atom. The van der Waals surface area contributed by atoms with E-state index in [4.69, 9.17) is 5.73 Å². The first-order valence-electron chi connectivity index (χ1n) is 7.92. The molecule has 1 aliphatic carbocycles. The van der Waals surface area contributed by atoms with Crippen LogP contribution in [0.25, 0.3) is 0 Å². The molecule has 1 heterocycles. The number of nitrogens with one attached hydrogen (secondary N) is 1. The predicted octanol–water partition coefficient (Wildman–Crippen LogP) is 3.54. The van der Waals surface area contributed by atoms with E-state index in [1.54, 1.807) is 0 Å². The molecule has 4 heteroatoms. The summed E-state index contributed by atoms with van der Waals surface area (Å²) in [6.45, 7) is 2.27. The number of amides is 1. The van der Waals surface area contributed by atoms with E-state index in [-0.39, 0.29) is 17.8 Å². The number of hydrogen-bond donors (Lipinski definition) is 2. The van der Waals surface area contributed by atoms with E-state index in [2.05, 4.69) is 12.2 Å². The summed E-state index contributed by atoms with van der Waals surface area (Å²) in [4.78, 5) is 11.4. The SMILES string of the molecule is CC1CCC(C(N)c2cc3c(cc2F)NC(=O)CC3)CC1. The molecule has 1 amide bonds. The molecule has 0 aromatic heterocycles. The Morgan fingerprint density at radius 2 is 1.95 bits per heavy atom. The van der Waals surface area contributed by atoms with Crippen LogP contribution in [0.2, 0.25) is 0 Å². The molecule has 0 spiro atoms. The highest BCUT2D eigenvalue weighted by molar-refractivity contribution is 5.93. The fraction of sp³-hybridized carbons (Fsp3) is 0.588. The minimum atomic E-state index is -0.290. The molecule has 1 aromatic rings. The Balaban J connectivity index is 1.83. The van der Waals surface area contributed by atoms with Gasteiger partial charge in [0.25, 0.3) is 0 Å². The van der Waals surface area contributed by atoms with Crippen molar-refractivity contribution in [3.8, 4) is 0 Å². The molecule has 0 bridgehead atoms. The zero-order valence-corrected chi connectivity index (χ0v) is 12.5. The largest absolute Gasteiger partial charge is 0.326 e. The number of anilines is 1. The molecule has 3 nitrogen and oxygen atoms in total. The molecule has 2 aliphatic rings. The van der Waals surface area contributed by atoms with Crippen molar-refractivity contribution in [1.82, 2.24) is 0 Å².